The third kappa shape index (κ3) is 3.95. The number of rotatable bonds is 6. The molecule has 17 heavy (non-hydrogen) atoms. The van der Waals surface area contributed by atoms with E-state index < -0.39 is 11.0 Å². The standard InChI is InChI=1S/C10H15NO4S2/c1-6(4-12)5-16-10-8(11(14)15)3-9(17-10)7(2)13/h3,6-7,12-13H,4-5H2,1-2H3/t6?,7-/m1/s1. The molecule has 1 heterocycles. The number of aliphatic hydroxyl groups excluding tert-OH is 2. The summed E-state index contributed by atoms with van der Waals surface area (Å²) in [7, 11) is 0. The quantitative estimate of drug-likeness (QED) is 0.474. The number of thiophene rings is 1. The Labute approximate surface area is 108 Å². The first-order valence-electron chi connectivity index (χ1n) is 5.15. The highest BCUT2D eigenvalue weighted by Gasteiger charge is 2.21. The molecule has 7 heteroatoms. The molecule has 0 spiro atoms. The van der Waals surface area contributed by atoms with E-state index in [0.29, 0.717) is 14.8 Å². The molecule has 0 amide bonds. The summed E-state index contributed by atoms with van der Waals surface area (Å²) in [5, 5.41) is 29.1. The van der Waals surface area contributed by atoms with Crippen molar-refractivity contribution < 1.29 is 15.1 Å². The number of aliphatic hydroxyl groups is 2. The van der Waals surface area contributed by atoms with E-state index in [1.165, 1.54) is 29.2 Å². The Morgan fingerprint density at radius 3 is 2.71 bits per heavy atom. The van der Waals surface area contributed by atoms with Crippen LogP contribution in [0.15, 0.2) is 10.3 Å². The van der Waals surface area contributed by atoms with Gasteiger partial charge in [0.2, 0.25) is 0 Å². The average Bonchev–Trinajstić information content (AvgIpc) is 2.70. The summed E-state index contributed by atoms with van der Waals surface area (Å²) in [6, 6.07) is 1.42. The van der Waals surface area contributed by atoms with E-state index in [1.807, 2.05) is 6.92 Å². The SMILES string of the molecule is CC(CO)CSc1sc([C@@H](C)O)cc1[N+](=O)[O-]. The molecule has 96 valence electrons. The molecule has 1 unspecified atom stereocenters. The van der Waals surface area contributed by atoms with Crippen LogP contribution in [0.3, 0.4) is 0 Å². The topological polar surface area (TPSA) is 83.6 Å². The van der Waals surface area contributed by atoms with E-state index in [1.54, 1.807) is 6.92 Å². The first kappa shape index (κ1) is 14.4. The predicted molar refractivity (Wildman–Crippen MR) is 68.6 cm³/mol. The molecule has 1 aromatic heterocycles. The van der Waals surface area contributed by atoms with Crippen molar-refractivity contribution in [1.82, 2.24) is 0 Å². The average molecular weight is 277 g/mol. The Balaban J connectivity index is 2.85. The Morgan fingerprint density at radius 2 is 2.24 bits per heavy atom. The minimum absolute atomic E-state index is 0.0426. The molecule has 0 aliphatic carbocycles. The van der Waals surface area contributed by atoms with Gasteiger partial charge in [0.1, 0.15) is 4.21 Å². The second-order valence-electron chi connectivity index (χ2n) is 3.85. The predicted octanol–water partition coefficient (Wildman–Crippen LogP) is 2.43. The fourth-order valence-corrected chi connectivity index (χ4v) is 3.43. The van der Waals surface area contributed by atoms with Crippen molar-refractivity contribution in [3.8, 4) is 0 Å². The minimum Gasteiger partial charge on any atom is -0.396 e. The van der Waals surface area contributed by atoms with Gasteiger partial charge < -0.3 is 10.2 Å². The van der Waals surface area contributed by atoms with Crippen LogP contribution in [0.5, 0.6) is 0 Å². The van der Waals surface area contributed by atoms with Gasteiger partial charge in [0.05, 0.1) is 11.0 Å². The second-order valence-corrected chi connectivity index (χ2v) is 6.23. The summed E-state index contributed by atoms with van der Waals surface area (Å²) >= 11 is 2.59. The normalized spacial score (nSPS) is 14.6. The third-order valence-electron chi connectivity index (χ3n) is 2.12. The van der Waals surface area contributed by atoms with Gasteiger partial charge in [0.15, 0.2) is 0 Å². The lowest BCUT2D eigenvalue weighted by atomic mass is 10.2. The molecule has 0 fully saturated rings. The van der Waals surface area contributed by atoms with Crippen LogP contribution >= 0.6 is 23.1 Å². The van der Waals surface area contributed by atoms with Crippen LogP contribution in [-0.2, 0) is 0 Å². The molecule has 0 aromatic carbocycles. The van der Waals surface area contributed by atoms with Crippen LogP contribution in [0.2, 0.25) is 0 Å². The summed E-state index contributed by atoms with van der Waals surface area (Å²) in [4.78, 5) is 11.0. The number of hydrogen-bond acceptors (Lipinski definition) is 6. The van der Waals surface area contributed by atoms with Gasteiger partial charge in [-0.2, -0.15) is 0 Å². The lowest BCUT2D eigenvalue weighted by Gasteiger charge is -2.04. The van der Waals surface area contributed by atoms with Crippen molar-refractivity contribution in [2.75, 3.05) is 12.4 Å². The molecule has 0 aliphatic heterocycles. The summed E-state index contributed by atoms with van der Waals surface area (Å²) in [5.74, 6) is 0.716. The van der Waals surface area contributed by atoms with Gasteiger partial charge in [-0.25, -0.2) is 0 Å². The number of nitro groups is 1. The van der Waals surface area contributed by atoms with E-state index in [2.05, 4.69) is 0 Å². The van der Waals surface area contributed by atoms with Crippen LogP contribution in [0.1, 0.15) is 24.8 Å². The first-order chi connectivity index (χ1) is 7.95. The minimum atomic E-state index is -0.691. The van der Waals surface area contributed by atoms with Crippen molar-refractivity contribution >= 4 is 28.8 Å². The van der Waals surface area contributed by atoms with Crippen LogP contribution in [0.4, 0.5) is 5.69 Å². The van der Waals surface area contributed by atoms with Gasteiger partial charge in [0.25, 0.3) is 5.69 Å². The van der Waals surface area contributed by atoms with Crippen LogP contribution < -0.4 is 0 Å². The Bertz CT molecular complexity index is 392. The molecular formula is C10H15NO4S2. The Morgan fingerprint density at radius 1 is 1.59 bits per heavy atom. The van der Waals surface area contributed by atoms with Gasteiger partial charge in [-0.1, -0.05) is 6.92 Å². The highest BCUT2D eigenvalue weighted by Crippen LogP contribution is 2.40. The molecule has 0 radical (unpaired) electrons. The summed E-state index contributed by atoms with van der Waals surface area (Å²) in [6.45, 7) is 3.53. The zero-order chi connectivity index (χ0) is 13.0. The molecule has 2 atom stereocenters. The van der Waals surface area contributed by atoms with Crippen LogP contribution in [0, 0.1) is 16.0 Å². The summed E-state index contributed by atoms with van der Waals surface area (Å²) in [6.07, 6.45) is -0.691. The van der Waals surface area contributed by atoms with E-state index >= 15 is 0 Å². The highest BCUT2D eigenvalue weighted by molar-refractivity contribution is 8.01. The van der Waals surface area contributed by atoms with Gasteiger partial charge >= 0.3 is 0 Å². The number of nitrogens with zero attached hydrogens (tertiary/aromatic N) is 1. The Kier molecular flexibility index (Phi) is 5.38. The maximum absolute atomic E-state index is 10.8. The molecule has 5 nitrogen and oxygen atoms in total. The molecule has 0 bridgehead atoms. The van der Waals surface area contributed by atoms with E-state index in [4.69, 9.17) is 5.11 Å². The monoisotopic (exact) mass is 277 g/mol. The molecule has 1 aromatic rings. The first-order valence-corrected chi connectivity index (χ1v) is 6.95. The maximum Gasteiger partial charge on any atom is 0.294 e. The fourth-order valence-electron chi connectivity index (χ4n) is 1.09. The number of thioether (sulfide) groups is 1. The van der Waals surface area contributed by atoms with Gasteiger partial charge in [-0.05, 0) is 12.8 Å². The van der Waals surface area contributed by atoms with E-state index in [0.717, 1.165) is 0 Å². The van der Waals surface area contributed by atoms with E-state index in [-0.39, 0.29) is 18.2 Å². The molecule has 0 aliphatic rings. The summed E-state index contributed by atoms with van der Waals surface area (Å²) in [5.41, 5.74) is 0.0426. The fraction of sp³-hybridized carbons (Fsp3) is 0.600. The smallest absolute Gasteiger partial charge is 0.294 e. The van der Waals surface area contributed by atoms with Crippen molar-refractivity contribution in [3.63, 3.8) is 0 Å². The summed E-state index contributed by atoms with van der Waals surface area (Å²) < 4.78 is 0.589. The largest absolute Gasteiger partial charge is 0.396 e. The van der Waals surface area contributed by atoms with Crippen molar-refractivity contribution in [3.05, 3.63) is 21.1 Å². The highest BCUT2D eigenvalue weighted by atomic mass is 32.2. The molecular weight excluding hydrogens is 262 g/mol. The lowest BCUT2D eigenvalue weighted by molar-refractivity contribution is -0.387. The maximum atomic E-state index is 10.8. The molecule has 1 rings (SSSR count). The molecule has 0 saturated heterocycles. The van der Waals surface area contributed by atoms with Gasteiger partial charge in [-0.15, -0.1) is 23.1 Å². The molecule has 0 saturated carbocycles. The van der Waals surface area contributed by atoms with Crippen LogP contribution in [0.25, 0.3) is 0 Å². The van der Waals surface area contributed by atoms with Crippen LogP contribution in [-0.4, -0.2) is 27.5 Å². The molecule has 2 N–H and O–H groups in total. The third-order valence-corrected chi connectivity index (χ3v) is 5.02. The van der Waals surface area contributed by atoms with Crippen molar-refractivity contribution in [1.29, 1.82) is 0 Å². The van der Waals surface area contributed by atoms with Crippen molar-refractivity contribution in [2.24, 2.45) is 5.92 Å². The van der Waals surface area contributed by atoms with E-state index in [9.17, 15) is 15.2 Å². The van der Waals surface area contributed by atoms with Gasteiger partial charge in [0, 0.05) is 23.3 Å². The zero-order valence-corrected chi connectivity index (χ0v) is 11.3. The van der Waals surface area contributed by atoms with Gasteiger partial charge in [-0.3, -0.25) is 10.1 Å². The lowest BCUT2D eigenvalue weighted by Crippen LogP contribution is -2.03. The number of hydrogen-bond donors (Lipinski definition) is 2. The zero-order valence-electron chi connectivity index (χ0n) is 9.62. The van der Waals surface area contributed by atoms with Crippen molar-refractivity contribution in [2.45, 2.75) is 24.2 Å². The second kappa shape index (κ2) is 6.34. The Hall–Kier alpha value is -0.630.